The van der Waals surface area contributed by atoms with Gasteiger partial charge >= 0.3 is 0 Å². The van der Waals surface area contributed by atoms with Crippen LogP contribution >= 0.6 is 0 Å². The molecule has 3 rings (SSSR count). The Balaban J connectivity index is 2.07. The fourth-order valence-electron chi connectivity index (χ4n) is 1.74. The van der Waals surface area contributed by atoms with Crippen molar-refractivity contribution < 1.29 is 9.26 Å². The summed E-state index contributed by atoms with van der Waals surface area (Å²) < 4.78 is 10.4. The highest BCUT2D eigenvalue weighted by molar-refractivity contribution is 5.92. The molecule has 3 aromatic rings. The lowest BCUT2D eigenvalue weighted by Crippen LogP contribution is -1.94. The van der Waals surface area contributed by atoms with E-state index in [4.69, 9.17) is 9.26 Å². The van der Waals surface area contributed by atoms with Gasteiger partial charge in [-0.1, -0.05) is 11.2 Å². The van der Waals surface area contributed by atoms with Gasteiger partial charge in [-0.05, 0) is 12.1 Å². The molecule has 2 heterocycles. The molecule has 18 heavy (non-hydrogen) atoms. The van der Waals surface area contributed by atoms with Crippen molar-refractivity contribution in [1.29, 1.82) is 0 Å². The Labute approximate surface area is 103 Å². The normalized spacial score (nSPS) is 10.5. The number of fused-ring (bicyclic) bond motifs is 1. The molecule has 1 aromatic carbocycles. The van der Waals surface area contributed by atoms with Crippen molar-refractivity contribution in [2.45, 2.75) is 0 Å². The minimum absolute atomic E-state index is 0.674. The molecular weight excluding hydrogens is 230 g/mol. The number of nitrogens with zero attached hydrogens (tertiary/aromatic N) is 2. The molecule has 0 radical (unpaired) electrons. The number of benzene rings is 1. The number of nitrogens with one attached hydrogen (secondary N) is 1. The number of aromatic nitrogens is 2. The van der Waals surface area contributed by atoms with E-state index >= 15 is 0 Å². The van der Waals surface area contributed by atoms with Gasteiger partial charge in [0.25, 0.3) is 0 Å². The third kappa shape index (κ3) is 1.86. The topological polar surface area (TPSA) is 60.2 Å². The molecule has 0 saturated heterocycles. The molecule has 0 amide bonds. The zero-order valence-corrected chi connectivity index (χ0v) is 9.75. The highest BCUT2D eigenvalue weighted by Gasteiger charge is 2.08. The molecule has 0 aliphatic heterocycles. The van der Waals surface area contributed by atoms with Crippen LogP contribution in [0.4, 0.5) is 11.5 Å². The number of anilines is 2. The van der Waals surface area contributed by atoms with Crippen molar-refractivity contribution in [1.82, 2.24) is 10.1 Å². The third-order valence-electron chi connectivity index (χ3n) is 2.61. The Morgan fingerprint density at radius 3 is 3.00 bits per heavy atom. The van der Waals surface area contributed by atoms with Crippen LogP contribution in [0.15, 0.2) is 47.2 Å². The van der Waals surface area contributed by atoms with Gasteiger partial charge < -0.3 is 14.6 Å². The Hall–Kier alpha value is -2.56. The van der Waals surface area contributed by atoms with Crippen molar-refractivity contribution in [2.24, 2.45) is 0 Å². The fourth-order valence-corrected chi connectivity index (χ4v) is 1.74. The molecular formula is C13H11N3O2. The van der Waals surface area contributed by atoms with Gasteiger partial charge in [-0.15, -0.1) is 0 Å². The average molecular weight is 241 g/mol. The average Bonchev–Trinajstić information content (AvgIpc) is 2.88. The van der Waals surface area contributed by atoms with Gasteiger partial charge in [0.05, 0.1) is 24.4 Å². The van der Waals surface area contributed by atoms with Crippen molar-refractivity contribution in [3.63, 3.8) is 0 Å². The van der Waals surface area contributed by atoms with Crippen LogP contribution in [0, 0.1) is 0 Å². The van der Waals surface area contributed by atoms with E-state index in [-0.39, 0.29) is 0 Å². The lowest BCUT2D eigenvalue weighted by Gasteiger charge is -2.07. The first kappa shape index (κ1) is 10.6. The molecule has 5 heteroatoms. The van der Waals surface area contributed by atoms with Crippen LogP contribution in [0.5, 0.6) is 5.75 Å². The van der Waals surface area contributed by atoms with E-state index in [1.807, 2.05) is 24.3 Å². The molecule has 0 bridgehead atoms. The van der Waals surface area contributed by atoms with Crippen LogP contribution in [0.1, 0.15) is 0 Å². The van der Waals surface area contributed by atoms with E-state index in [9.17, 15) is 0 Å². The standard InChI is InChI=1S/C13H11N3O2/c1-17-9-6-11(10-8-15-18-12(10)7-9)16-13-4-2-3-5-14-13/h2-8H,1H3,(H,14,16). The summed E-state index contributed by atoms with van der Waals surface area (Å²) in [6.45, 7) is 0. The number of hydrogen-bond donors (Lipinski definition) is 1. The van der Waals surface area contributed by atoms with Gasteiger partial charge in [-0.2, -0.15) is 0 Å². The van der Waals surface area contributed by atoms with Crippen molar-refractivity contribution in [3.8, 4) is 5.75 Å². The summed E-state index contributed by atoms with van der Waals surface area (Å²) in [7, 11) is 1.61. The van der Waals surface area contributed by atoms with Crippen LogP contribution < -0.4 is 10.1 Å². The Morgan fingerprint density at radius 2 is 2.22 bits per heavy atom. The summed E-state index contributed by atoms with van der Waals surface area (Å²) in [4.78, 5) is 4.22. The van der Waals surface area contributed by atoms with Gasteiger partial charge in [0.15, 0.2) is 5.58 Å². The van der Waals surface area contributed by atoms with Crippen LogP contribution in [-0.2, 0) is 0 Å². The number of ether oxygens (including phenoxy) is 1. The first-order chi connectivity index (χ1) is 8.86. The number of pyridine rings is 1. The van der Waals surface area contributed by atoms with Gasteiger partial charge in [0.2, 0.25) is 0 Å². The molecule has 0 aliphatic rings. The Kier molecular flexibility index (Phi) is 2.57. The summed E-state index contributed by atoms with van der Waals surface area (Å²) in [6, 6.07) is 9.35. The second-order valence-corrected chi connectivity index (χ2v) is 3.75. The summed E-state index contributed by atoms with van der Waals surface area (Å²) >= 11 is 0. The predicted octanol–water partition coefficient (Wildman–Crippen LogP) is 2.98. The minimum atomic E-state index is 0.674. The third-order valence-corrected chi connectivity index (χ3v) is 2.61. The second kappa shape index (κ2) is 4.37. The van der Waals surface area contributed by atoms with Crippen LogP contribution in [0.25, 0.3) is 11.0 Å². The molecule has 90 valence electrons. The van der Waals surface area contributed by atoms with E-state index in [0.29, 0.717) is 11.3 Å². The number of rotatable bonds is 3. The molecule has 2 aromatic heterocycles. The lowest BCUT2D eigenvalue weighted by atomic mass is 10.2. The first-order valence-electron chi connectivity index (χ1n) is 5.47. The highest BCUT2D eigenvalue weighted by atomic mass is 16.5. The van der Waals surface area contributed by atoms with E-state index in [2.05, 4.69) is 15.5 Å². The van der Waals surface area contributed by atoms with Crippen molar-refractivity contribution >= 4 is 22.5 Å². The molecule has 5 nitrogen and oxygen atoms in total. The molecule has 0 spiro atoms. The van der Waals surface area contributed by atoms with E-state index in [1.54, 1.807) is 25.6 Å². The summed E-state index contributed by atoms with van der Waals surface area (Å²) in [5, 5.41) is 7.89. The zero-order valence-electron chi connectivity index (χ0n) is 9.75. The maximum Gasteiger partial charge on any atom is 0.172 e. The molecule has 0 saturated carbocycles. The van der Waals surface area contributed by atoms with Gasteiger partial charge in [-0.25, -0.2) is 4.98 Å². The number of hydrogen-bond acceptors (Lipinski definition) is 5. The van der Waals surface area contributed by atoms with Gasteiger partial charge in [0, 0.05) is 18.3 Å². The summed E-state index contributed by atoms with van der Waals surface area (Å²) in [6.07, 6.45) is 3.40. The van der Waals surface area contributed by atoms with Gasteiger partial charge in [0.1, 0.15) is 11.6 Å². The molecule has 0 unspecified atom stereocenters. The largest absolute Gasteiger partial charge is 0.497 e. The Bertz CT molecular complexity index is 664. The smallest absolute Gasteiger partial charge is 0.172 e. The SMILES string of the molecule is COc1cc(Nc2ccccn2)c2cnoc2c1. The molecule has 1 N–H and O–H groups in total. The van der Waals surface area contributed by atoms with E-state index in [1.165, 1.54) is 0 Å². The van der Waals surface area contributed by atoms with Crippen molar-refractivity contribution in [3.05, 3.63) is 42.7 Å². The Morgan fingerprint density at radius 1 is 1.28 bits per heavy atom. The van der Waals surface area contributed by atoms with Crippen LogP contribution in [0.3, 0.4) is 0 Å². The van der Waals surface area contributed by atoms with Crippen LogP contribution in [-0.4, -0.2) is 17.3 Å². The first-order valence-corrected chi connectivity index (χ1v) is 5.47. The highest BCUT2D eigenvalue weighted by Crippen LogP contribution is 2.30. The lowest BCUT2D eigenvalue weighted by molar-refractivity contribution is 0.412. The summed E-state index contributed by atoms with van der Waals surface area (Å²) in [5.41, 5.74) is 1.53. The number of methoxy groups -OCH3 is 1. The minimum Gasteiger partial charge on any atom is -0.497 e. The monoisotopic (exact) mass is 241 g/mol. The summed E-state index contributed by atoms with van der Waals surface area (Å²) in [5.74, 6) is 1.46. The van der Waals surface area contributed by atoms with E-state index < -0.39 is 0 Å². The van der Waals surface area contributed by atoms with Crippen molar-refractivity contribution in [2.75, 3.05) is 12.4 Å². The van der Waals surface area contributed by atoms with Gasteiger partial charge in [-0.3, -0.25) is 0 Å². The van der Waals surface area contributed by atoms with Crippen LogP contribution in [0.2, 0.25) is 0 Å². The quantitative estimate of drug-likeness (QED) is 0.763. The maximum absolute atomic E-state index is 5.22. The maximum atomic E-state index is 5.22. The fraction of sp³-hybridized carbons (Fsp3) is 0.0769. The predicted molar refractivity (Wildman–Crippen MR) is 68.1 cm³/mol. The zero-order chi connectivity index (χ0) is 12.4. The van der Waals surface area contributed by atoms with E-state index in [0.717, 1.165) is 16.9 Å². The molecule has 0 fully saturated rings. The second-order valence-electron chi connectivity index (χ2n) is 3.75. The molecule has 0 aliphatic carbocycles. The molecule has 0 atom stereocenters.